The predicted octanol–water partition coefficient (Wildman–Crippen LogP) is 3.09. The van der Waals surface area contributed by atoms with Crippen LogP contribution in [0.25, 0.3) is 0 Å². The third-order valence-electron chi connectivity index (χ3n) is 4.43. The van der Waals surface area contributed by atoms with Crippen molar-refractivity contribution in [1.29, 1.82) is 0 Å². The highest BCUT2D eigenvalue weighted by atomic mass is 16.5. The Morgan fingerprint density at radius 1 is 1.29 bits per heavy atom. The van der Waals surface area contributed by atoms with Crippen LogP contribution >= 0.6 is 0 Å². The molecule has 0 saturated carbocycles. The molecule has 1 aromatic rings. The van der Waals surface area contributed by atoms with Crippen molar-refractivity contribution in [3.8, 4) is 0 Å². The number of likely N-dealkylation sites (N-methyl/N-ethyl adjacent to an activating group) is 1. The third kappa shape index (κ3) is 4.29. The maximum atomic E-state index is 6.02. The summed E-state index contributed by atoms with van der Waals surface area (Å²) in [6.07, 6.45) is 2.73. The maximum absolute atomic E-state index is 6.02. The summed E-state index contributed by atoms with van der Waals surface area (Å²) in [6, 6.07) is 9.19. The molecule has 1 aliphatic rings. The van der Waals surface area contributed by atoms with Crippen LogP contribution in [-0.4, -0.2) is 37.7 Å². The van der Waals surface area contributed by atoms with Crippen LogP contribution < -0.4 is 5.73 Å². The summed E-state index contributed by atoms with van der Waals surface area (Å²) in [6.45, 7) is 9.23. The van der Waals surface area contributed by atoms with Gasteiger partial charge in [-0.2, -0.15) is 0 Å². The average molecular weight is 290 g/mol. The monoisotopic (exact) mass is 290 g/mol. The second kappa shape index (κ2) is 6.91. The normalized spacial score (nSPS) is 21.0. The number of nitrogens with zero attached hydrogens (tertiary/aromatic N) is 1. The molecule has 1 heterocycles. The minimum absolute atomic E-state index is 0.195. The summed E-state index contributed by atoms with van der Waals surface area (Å²) in [4.78, 5) is 2.34. The van der Waals surface area contributed by atoms with Gasteiger partial charge in [0.1, 0.15) is 0 Å². The Labute approximate surface area is 129 Å². The van der Waals surface area contributed by atoms with Crippen LogP contribution in [0.15, 0.2) is 24.3 Å². The van der Waals surface area contributed by atoms with Gasteiger partial charge in [-0.05, 0) is 36.4 Å². The lowest BCUT2D eigenvalue weighted by molar-refractivity contribution is 0.0689. The minimum Gasteiger partial charge on any atom is -0.377 e. The van der Waals surface area contributed by atoms with Crippen LogP contribution in [0.3, 0.4) is 0 Å². The van der Waals surface area contributed by atoms with Gasteiger partial charge in [-0.1, -0.05) is 45.0 Å². The van der Waals surface area contributed by atoms with Gasteiger partial charge in [-0.25, -0.2) is 0 Å². The number of rotatable bonds is 5. The fourth-order valence-corrected chi connectivity index (χ4v) is 3.01. The van der Waals surface area contributed by atoms with Crippen molar-refractivity contribution in [2.75, 3.05) is 26.7 Å². The van der Waals surface area contributed by atoms with Crippen molar-refractivity contribution >= 4 is 0 Å². The Balaban J connectivity index is 2.05. The van der Waals surface area contributed by atoms with E-state index in [1.807, 2.05) is 0 Å². The lowest BCUT2D eigenvalue weighted by atomic mass is 9.86. The fourth-order valence-electron chi connectivity index (χ4n) is 3.01. The average Bonchev–Trinajstić information content (AvgIpc) is 2.92. The Hall–Kier alpha value is -0.900. The quantitative estimate of drug-likeness (QED) is 0.905. The second-order valence-corrected chi connectivity index (χ2v) is 7.20. The Bertz CT molecular complexity index is 430. The molecule has 0 aromatic heterocycles. The first-order valence-corrected chi connectivity index (χ1v) is 8.04. The van der Waals surface area contributed by atoms with Crippen LogP contribution in [0.2, 0.25) is 0 Å². The van der Waals surface area contributed by atoms with E-state index in [-0.39, 0.29) is 11.5 Å². The van der Waals surface area contributed by atoms with E-state index >= 15 is 0 Å². The largest absolute Gasteiger partial charge is 0.377 e. The molecule has 0 radical (unpaired) electrons. The van der Waals surface area contributed by atoms with E-state index in [9.17, 15) is 0 Å². The first-order valence-electron chi connectivity index (χ1n) is 8.04. The molecular formula is C18H30N2O. The molecule has 2 N–H and O–H groups in total. The number of nitrogens with two attached hydrogens (primary N) is 1. The standard InChI is InChI=1S/C18H30N2O/c1-18(2,3)15-9-7-14(8-10-15)17(12-19)20(4)13-16-6-5-11-21-16/h7-10,16-17H,5-6,11-13,19H2,1-4H3. The van der Waals surface area contributed by atoms with Crippen LogP contribution in [0, 0.1) is 0 Å². The van der Waals surface area contributed by atoms with Gasteiger partial charge in [-0.15, -0.1) is 0 Å². The van der Waals surface area contributed by atoms with E-state index in [0.717, 1.165) is 13.2 Å². The zero-order chi connectivity index (χ0) is 15.5. The zero-order valence-electron chi connectivity index (χ0n) is 13.9. The van der Waals surface area contributed by atoms with Crippen molar-refractivity contribution in [3.63, 3.8) is 0 Å². The Kier molecular flexibility index (Phi) is 5.42. The number of hydrogen-bond acceptors (Lipinski definition) is 3. The lowest BCUT2D eigenvalue weighted by Crippen LogP contribution is -2.36. The molecule has 1 fully saturated rings. The van der Waals surface area contributed by atoms with Crippen molar-refractivity contribution in [2.45, 2.75) is 51.2 Å². The number of ether oxygens (including phenoxy) is 1. The van der Waals surface area contributed by atoms with Crippen LogP contribution in [-0.2, 0) is 10.2 Å². The van der Waals surface area contributed by atoms with E-state index in [2.05, 4.69) is 57.0 Å². The van der Waals surface area contributed by atoms with Crippen LogP contribution in [0.5, 0.6) is 0 Å². The topological polar surface area (TPSA) is 38.5 Å². The van der Waals surface area contributed by atoms with E-state index in [4.69, 9.17) is 10.5 Å². The van der Waals surface area contributed by atoms with Crippen molar-refractivity contribution in [3.05, 3.63) is 35.4 Å². The summed E-state index contributed by atoms with van der Waals surface area (Å²) in [5, 5.41) is 0. The molecule has 2 unspecified atom stereocenters. The van der Waals surface area contributed by atoms with E-state index in [1.165, 1.54) is 24.0 Å². The van der Waals surface area contributed by atoms with Crippen LogP contribution in [0.4, 0.5) is 0 Å². The molecule has 1 saturated heterocycles. The molecule has 2 atom stereocenters. The molecule has 1 aromatic carbocycles. The zero-order valence-corrected chi connectivity index (χ0v) is 13.9. The molecule has 2 rings (SSSR count). The highest BCUT2D eigenvalue weighted by Gasteiger charge is 2.23. The third-order valence-corrected chi connectivity index (χ3v) is 4.43. The molecule has 0 bridgehead atoms. The predicted molar refractivity (Wildman–Crippen MR) is 88.5 cm³/mol. The maximum Gasteiger partial charge on any atom is 0.0702 e. The summed E-state index contributed by atoms with van der Waals surface area (Å²) < 4.78 is 5.74. The highest BCUT2D eigenvalue weighted by molar-refractivity contribution is 5.29. The van der Waals surface area contributed by atoms with Gasteiger partial charge in [0.25, 0.3) is 0 Å². The molecule has 3 heteroatoms. The lowest BCUT2D eigenvalue weighted by Gasteiger charge is -2.30. The van der Waals surface area contributed by atoms with Gasteiger partial charge >= 0.3 is 0 Å². The van der Waals surface area contributed by atoms with Gasteiger partial charge < -0.3 is 10.5 Å². The first kappa shape index (κ1) is 16.5. The summed E-state index contributed by atoms with van der Waals surface area (Å²) in [7, 11) is 2.15. The van der Waals surface area contributed by atoms with E-state index < -0.39 is 0 Å². The van der Waals surface area contributed by atoms with Gasteiger partial charge in [0.2, 0.25) is 0 Å². The smallest absolute Gasteiger partial charge is 0.0702 e. The van der Waals surface area contributed by atoms with Gasteiger partial charge in [-0.3, -0.25) is 4.90 Å². The summed E-state index contributed by atoms with van der Waals surface area (Å²) >= 11 is 0. The fraction of sp³-hybridized carbons (Fsp3) is 0.667. The minimum atomic E-state index is 0.195. The van der Waals surface area contributed by atoms with Crippen molar-refractivity contribution in [1.82, 2.24) is 4.90 Å². The van der Waals surface area contributed by atoms with E-state index in [0.29, 0.717) is 12.6 Å². The highest BCUT2D eigenvalue weighted by Crippen LogP contribution is 2.26. The van der Waals surface area contributed by atoms with Crippen molar-refractivity contribution in [2.24, 2.45) is 5.73 Å². The van der Waals surface area contributed by atoms with Crippen LogP contribution in [0.1, 0.15) is 50.8 Å². The van der Waals surface area contributed by atoms with E-state index in [1.54, 1.807) is 0 Å². The Morgan fingerprint density at radius 2 is 1.95 bits per heavy atom. The van der Waals surface area contributed by atoms with Gasteiger partial charge in [0.15, 0.2) is 0 Å². The Morgan fingerprint density at radius 3 is 2.43 bits per heavy atom. The summed E-state index contributed by atoms with van der Waals surface area (Å²) in [5.74, 6) is 0. The molecule has 1 aliphatic heterocycles. The first-order chi connectivity index (χ1) is 9.91. The molecule has 21 heavy (non-hydrogen) atoms. The second-order valence-electron chi connectivity index (χ2n) is 7.20. The molecule has 0 aliphatic carbocycles. The molecule has 118 valence electrons. The summed E-state index contributed by atoms with van der Waals surface area (Å²) in [5.41, 5.74) is 8.88. The van der Waals surface area contributed by atoms with Gasteiger partial charge in [0, 0.05) is 25.7 Å². The molecule has 3 nitrogen and oxygen atoms in total. The molecular weight excluding hydrogens is 260 g/mol. The molecule has 0 amide bonds. The number of benzene rings is 1. The number of hydrogen-bond donors (Lipinski definition) is 1. The van der Waals surface area contributed by atoms with Crippen molar-refractivity contribution < 1.29 is 4.74 Å². The molecule has 0 spiro atoms. The van der Waals surface area contributed by atoms with Gasteiger partial charge in [0.05, 0.1) is 6.10 Å². The SMILES string of the molecule is CN(CC1CCCO1)C(CN)c1ccc(C(C)(C)C)cc1.